The van der Waals surface area contributed by atoms with Crippen LogP contribution in [0.15, 0.2) is 66.7 Å². The highest BCUT2D eigenvalue weighted by Gasteiger charge is 2.18. The second kappa shape index (κ2) is 9.28. The van der Waals surface area contributed by atoms with Gasteiger partial charge in [-0.2, -0.15) is 0 Å². The Morgan fingerprint density at radius 1 is 1.04 bits per heavy atom. The molecule has 0 spiro atoms. The van der Waals surface area contributed by atoms with E-state index in [0.29, 0.717) is 36.1 Å². The first-order valence-electron chi connectivity index (χ1n) is 8.98. The summed E-state index contributed by atoms with van der Waals surface area (Å²) in [6.45, 7) is 2.70. The Labute approximate surface area is 164 Å². The van der Waals surface area contributed by atoms with Crippen LogP contribution >= 0.6 is 11.6 Å². The summed E-state index contributed by atoms with van der Waals surface area (Å²) in [7, 11) is 0. The average Bonchev–Trinajstić information content (AvgIpc) is 2.70. The maximum absolute atomic E-state index is 12.5. The first-order valence-corrected chi connectivity index (χ1v) is 9.35. The lowest BCUT2D eigenvalue weighted by molar-refractivity contribution is -0.128. The summed E-state index contributed by atoms with van der Waals surface area (Å²) in [5.74, 6) is 1.28. The Hall–Kier alpha value is -2.72. The van der Waals surface area contributed by atoms with Crippen LogP contribution < -0.4 is 14.8 Å². The van der Waals surface area contributed by atoms with Crippen LogP contribution in [0.3, 0.4) is 0 Å². The molecule has 5 heteroatoms. The van der Waals surface area contributed by atoms with E-state index in [4.69, 9.17) is 21.1 Å². The first kappa shape index (κ1) is 19.1. The number of hydrogen-bond acceptors (Lipinski definition) is 3. The molecule has 0 saturated heterocycles. The zero-order chi connectivity index (χ0) is 19.1. The van der Waals surface area contributed by atoms with E-state index in [0.717, 1.165) is 10.8 Å². The van der Waals surface area contributed by atoms with Gasteiger partial charge in [0.25, 0.3) is 5.91 Å². The molecule has 0 aliphatic heterocycles. The number of rotatable bonds is 8. The minimum Gasteiger partial charge on any atom is -0.492 e. The third-order valence-electron chi connectivity index (χ3n) is 4.17. The summed E-state index contributed by atoms with van der Waals surface area (Å²) in [5.41, 5.74) is 0. The van der Waals surface area contributed by atoms with E-state index in [1.807, 2.05) is 49.4 Å². The number of halogens is 1. The van der Waals surface area contributed by atoms with Gasteiger partial charge >= 0.3 is 0 Å². The van der Waals surface area contributed by atoms with Crippen LogP contribution in [0, 0.1) is 0 Å². The lowest BCUT2D eigenvalue weighted by atomic mass is 10.1. The van der Waals surface area contributed by atoms with Crippen molar-refractivity contribution >= 4 is 28.3 Å². The topological polar surface area (TPSA) is 47.6 Å². The largest absolute Gasteiger partial charge is 0.492 e. The molecule has 0 aliphatic rings. The Bertz CT molecular complexity index is 890. The third kappa shape index (κ3) is 5.14. The Morgan fingerprint density at radius 3 is 2.56 bits per heavy atom. The van der Waals surface area contributed by atoms with Crippen molar-refractivity contribution in [3.05, 3.63) is 71.8 Å². The molecular weight excluding hydrogens is 362 g/mol. The van der Waals surface area contributed by atoms with Gasteiger partial charge in [0.1, 0.15) is 18.1 Å². The molecule has 1 atom stereocenters. The lowest BCUT2D eigenvalue weighted by Gasteiger charge is -2.18. The molecule has 4 nitrogen and oxygen atoms in total. The summed E-state index contributed by atoms with van der Waals surface area (Å²) in [4.78, 5) is 12.5. The van der Waals surface area contributed by atoms with Gasteiger partial charge in [-0.05, 0) is 42.1 Å². The summed E-state index contributed by atoms with van der Waals surface area (Å²) in [6, 6.07) is 20.9. The SMILES string of the molecule is CCC(Oc1cccc2ccccc12)C(=O)NCCOc1ccc(Cl)cc1. The van der Waals surface area contributed by atoms with Crippen molar-refractivity contribution in [2.75, 3.05) is 13.2 Å². The fraction of sp³-hybridized carbons (Fsp3) is 0.227. The molecule has 3 aromatic carbocycles. The van der Waals surface area contributed by atoms with E-state index in [9.17, 15) is 4.79 Å². The van der Waals surface area contributed by atoms with Crippen LogP contribution in [0.4, 0.5) is 0 Å². The standard InChI is InChI=1S/C22H22ClNO3/c1-2-20(27-21-9-5-7-16-6-3-4-8-19(16)21)22(25)24-14-15-26-18-12-10-17(23)11-13-18/h3-13,20H,2,14-15H2,1H3,(H,24,25). The van der Waals surface area contributed by atoms with E-state index in [1.54, 1.807) is 24.3 Å². The van der Waals surface area contributed by atoms with Crippen molar-refractivity contribution in [3.63, 3.8) is 0 Å². The van der Waals surface area contributed by atoms with E-state index < -0.39 is 6.10 Å². The molecule has 0 aromatic heterocycles. The molecule has 0 saturated carbocycles. The predicted molar refractivity (Wildman–Crippen MR) is 109 cm³/mol. The predicted octanol–water partition coefficient (Wildman–Crippen LogP) is 4.85. The fourth-order valence-corrected chi connectivity index (χ4v) is 2.89. The van der Waals surface area contributed by atoms with Crippen molar-refractivity contribution in [1.82, 2.24) is 5.32 Å². The molecule has 0 fully saturated rings. The van der Waals surface area contributed by atoms with Crippen LogP contribution in [0.2, 0.25) is 5.02 Å². The summed E-state index contributed by atoms with van der Waals surface area (Å²) >= 11 is 5.84. The fourth-order valence-electron chi connectivity index (χ4n) is 2.76. The quantitative estimate of drug-likeness (QED) is 0.566. The number of ether oxygens (including phenoxy) is 2. The number of nitrogens with one attached hydrogen (secondary N) is 1. The van der Waals surface area contributed by atoms with Crippen molar-refractivity contribution in [1.29, 1.82) is 0 Å². The highest BCUT2D eigenvalue weighted by atomic mass is 35.5. The molecule has 0 aliphatic carbocycles. The minimum atomic E-state index is -0.550. The molecular formula is C22H22ClNO3. The summed E-state index contributed by atoms with van der Waals surface area (Å²) < 4.78 is 11.6. The number of carbonyl (C=O) groups is 1. The lowest BCUT2D eigenvalue weighted by Crippen LogP contribution is -2.39. The van der Waals surface area contributed by atoms with Crippen LogP contribution in [-0.4, -0.2) is 25.2 Å². The Morgan fingerprint density at radius 2 is 1.78 bits per heavy atom. The van der Waals surface area contributed by atoms with Crippen LogP contribution in [-0.2, 0) is 4.79 Å². The van der Waals surface area contributed by atoms with Crippen molar-refractivity contribution in [3.8, 4) is 11.5 Å². The molecule has 140 valence electrons. The maximum Gasteiger partial charge on any atom is 0.261 e. The van der Waals surface area contributed by atoms with Gasteiger partial charge in [-0.3, -0.25) is 4.79 Å². The number of amides is 1. The van der Waals surface area contributed by atoms with Gasteiger partial charge in [0.15, 0.2) is 6.10 Å². The van der Waals surface area contributed by atoms with E-state index >= 15 is 0 Å². The second-order valence-electron chi connectivity index (χ2n) is 6.09. The molecule has 1 unspecified atom stereocenters. The van der Waals surface area contributed by atoms with Crippen LogP contribution in [0.1, 0.15) is 13.3 Å². The molecule has 0 radical (unpaired) electrons. The normalized spacial score (nSPS) is 11.8. The molecule has 3 rings (SSSR count). The zero-order valence-electron chi connectivity index (χ0n) is 15.2. The van der Waals surface area contributed by atoms with E-state index in [1.165, 1.54) is 0 Å². The van der Waals surface area contributed by atoms with Crippen molar-refractivity contribution in [2.24, 2.45) is 0 Å². The molecule has 1 amide bonds. The van der Waals surface area contributed by atoms with Crippen LogP contribution in [0.25, 0.3) is 10.8 Å². The van der Waals surface area contributed by atoms with E-state index in [-0.39, 0.29) is 5.91 Å². The van der Waals surface area contributed by atoms with Crippen LogP contribution in [0.5, 0.6) is 11.5 Å². The molecule has 27 heavy (non-hydrogen) atoms. The Balaban J connectivity index is 1.53. The van der Waals surface area contributed by atoms with Crippen molar-refractivity contribution in [2.45, 2.75) is 19.4 Å². The smallest absolute Gasteiger partial charge is 0.261 e. The van der Waals surface area contributed by atoms with E-state index in [2.05, 4.69) is 5.32 Å². The second-order valence-corrected chi connectivity index (χ2v) is 6.52. The number of fused-ring (bicyclic) bond motifs is 1. The van der Waals surface area contributed by atoms with Gasteiger partial charge < -0.3 is 14.8 Å². The van der Waals surface area contributed by atoms with Gasteiger partial charge in [0.2, 0.25) is 0 Å². The van der Waals surface area contributed by atoms with Gasteiger partial charge in [-0.25, -0.2) is 0 Å². The number of benzene rings is 3. The Kier molecular flexibility index (Phi) is 6.55. The highest BCUT2D eigenvalue weighted by molar-refractivity contribution is 6.30. The third-order valence-corrected chi connectivity index (χ3v) is 4.42. The number of hydrogen-bond donors (Lipinski definition) is 1. The summed E-state index contributed by atoms with van der Waals surface area (Å²) in [5, 5.41) is 5.61. The summed E-state index contributed by atoms with van der Waals surface area (Å²) in [6.07, 6.45) is 0.0268. The zero-order valence-corrected chi connectivity index (χ0v) is 15.9. The first-order chi connectivity index (χ1) is 13.2. The molecule has 3 aromatic rings. The van der Waals surface area contributed by atoms with Gasteiger partial charge in [0, 0.05) is 10.4 Å². The monoisotopic (exact) mass is 383 g/mol. The van der Waals surface area contributed by atoms with Gasteiger partial charge in [-0.15, -0.1) is 0 Å². The highest BCUT2D eigenvalue weighted by Crippen LogP contribution is 2.26. The maximum atomic E-state index is 12.5. The van der Waals surface area contributed by atoms with Crippen molar-refractivity contribution < 1.29 is 14.3 Å². The number of carbonyl (C=O) groups excluding carboxylic acids is 1. The molecule has 0 heterocycles. The van der Waals surface area contributed by atoms with Gasteiger partial charge in [-0.1, -0.05) is 54.9 Å². The molecule has 0 bridgehead atoms. The van der Waals surface area contributed by atoms with Gasteiger partial charge in [0.05, 0.1) is 6.54 Å². The molecule has 1 N–H and O–H groups in total. The minimum absolute atomic E-state index is 0.148. The average molecular weight is 384 g/mol.